The van der Waals surface area contributed by atoms with Gasteiger partial charge in [-0.25, -0.2) is 4.39 Å². The molecule has 3 aliphatic heterocycles. The van der Waals surface area contributed by atoms with Gasteiger partial charge in [-0.15, -0.1) is 0 Å². The third-order valence-electron chi connectivity index (χ3n) is 6.41. The van der Waals surface area contributed by atoms with E-state index in [-0.39, 0.29) is 24.7 Å². The number of benzene rings is 2. The molecule has 0 amide bonds. The lowest BCUT2D eigenvalue weighted by atomic mass is 9.83. The molecule has 0 spiro atoms. The van der Waals surface area contributed by atoms with Crippen LogP contribution >= 0.6 is 0 Å². The first-order chi connectivity index (χ1) is 15.4. The minimum Gasteiger partial charge on any atom is -0.486 e. The second-order valence-corrected chi connectivity index (χ2v) is 8.57. The van der Waals surface area contributed by atoms with Crippen molar-refractivity contribution in [3.63, 3.8) is 0 Å². The summed E-state index contributed by atoms with van der Waals surface area (Å²) >= 11 is 0. The second-order valence-electron chi connectivity index (χ2n) is 8.57. The molecule has 0 unspecified atom stereocenters. The molecule has 2 aromatic carbocycles. The lowest BCUT2D eigenvalue weighted by molar-refractivity contribution is -0.329. The number of fused-ring (bicyclic) bond motifs is 2. The van der Waals surface area contributed by atoms with E-state index in [2.05, 4.69) is 0 Å². The van der Waals surface area contributed by atoms with Crippen LogP contribution in [0.4, 0.5) is 4.39 Å². The fraction of sp³-hybridized carbons (Fsp3) is 0.478. The van der Waals surface area contributed by atoms with Gasteiger partial charge in [-0.3, -0.25) is 0 Å². The van der Waals surface area contributed by atoms with Crippen molar-refractivity contribution in [1.29, 1.82) is 0 Å². The maximum Gasteiger partial charge on any atom is 0.225 e. The maximum absolute atomic E-state index is 14.6. The Morgan fingerprint density at radius 3 is 2.44 bits per heavy atom. The van der Waals surface area contributed by atoms with Crippen LogP contribution < -0.4 is 4.74 Å². The number of rotatable bonds is 6. The molecule has 3 saturated heterocycles. The smallest absolute Gasteiger partial charge is 0.225 e. The highest BCUT2D eigenvalue weighted by Crippen LogP contribution is 2.49. The van der Waals surface area contributed by atoms with Crippen molar-refractivity contribution in [3.05, 3.63) is 65.0 Å². The summed E-state index contributed by atoms with van der Waals surface area (Å²) in [4.78, 5) is 0. The van der Waals surface area contributed by atoms with Crippen LogP contribution in [0.2, 0.25) is 0 Å². The molecule has 0 radical (unpaired) electrons. The van der Waals surface area contributed by atoms with Gasteiger partial charge in [0.25, 0.3) is 0 Å². The Balaban J connectivity index is 1.40. The Labute approximate surface area is 183 Å². The predicted molar refractivity (Wildman–Crippen MR) is 107 cm³/mol. The van der Waals surface area contributed by atoms with Gasteiger partial charge in [-0.2, -0.15) is 0 Å². The highest BCUT2D eigenvalue weighted by molar-refractivity contribution is 5.36. The van der Waals surface area contributed by atoms with E-state index in [9.17, 15) is 24.8 Å². The lowest BCUT2D eigenvalue weighted by Gasteiger charge is -2.45. The van der Waals surface area contributed by atoms with E-state index in [0.29, 0.717) is 24.5 Å². The van der Waals surface area contributed by atoms with Crippen LogP contribution in [0.25, 0.3) is 0 Å². The number of aliphatic hydroxyl groups is 4. The monoisotopic (exact) mass is 448 g/mol. The topological polar surface area (TPSA) is 118 Å². The number of hydrogen-bond acceptors (Lipinski definition) is 8. The van der Waals surface area contributed by atoms with E-state index in [1.54, 1.807) is 0 Å². The zero-order valence-electron chi connectivity index (χ0n) is 17.2. The van der Waals surface area contributed by atoms with Crippen molar-refractivity contribution in [3.8, 4) is 5.75 Å². The summed E-state index contributed by atoms with van der Waals surface area (Å²) in [6, 6.07) is 11.5. The molecule has 3 fully saturated rings. The van der Waals surface area contributed by atoms with E-state index in [0.717, 1.165) is 5.56 Å². The van der Waals surface area contributed by atoms with Crippen molar-refractivity contribution in [1.82, 2.24) is 0 Å². The molecule has 5 atom stereocenters. The van der Waals surface area contributed by atoms with Gasteiger partial charge < -0.3 is 39.4 Å². The Morgan fingerprint density at radius 1 is 1.03 bits per heavy atom. The van der Waals surface area contributed by atoms with Gasteiger partial charge in [0.05, 0.1) is 26.4 Å². The summed E-state index contributed by atoms with van der Waals surface area (Å²) in [5, 5.41) is 41.1. The Morgan fingerprint density at radius 2 is 1.78 bits per heavy atom. The maximum atomic E-state index is 14.6. The normalized spacial score (nSPS) is 34.3. The van der Waals surface area contributed by atoms with Crippen molar-refractivity contribution in [2.24, 2.45) is 0 Å². The fourth-order valence-corrected chi connectivity index (χ4v) is 4.38. The molecular formula is C23H25FO8. The first-order valence-electron chi connectivity index (χ1n) is 10.5. The van der Waals surface area contributed by atoms with Crippen molar-refractivity contribution in [2.75, 3.05) is 26.4 Å². The minimum absolute atomic E-state index is 0.0578. The van der Waals surface area contributed by atoms with Crippen molar-refractivity contribution >= 4 is 0 Å². The molecule has 0 aromatic heterocycles. The molecule has 2 aromatic rings. The lowest BCUT2D eigenvalue weighted by Crippen LogP contribution is -2.65. The number of halogens is 1. The minimum atomic E-state index is -1.83. The van der Waals surface area contributed by atoms with E-state index in [1.807, 2.05) is 24.3 Å². The first-order valence-corrected chi connectivity index (χ1v) is 10.5. The number of aliphatic hydroxyl groups excluding tert-OH is 4. The molecule has 0 saturated carbocycles. The Kier molecular flexibility index (Phi) is 5.45. The first kappa shape index (κ1) is 21.7. The molecular weight excluding hydrogens is 423 g/mol. The van der Waals surface area contributed by atoms with Gasteiger partial charge in [0.15, 0.2) is 0 Å². The molecule has 3 heterocycles. The molecule has 5 rings (SSSR count). The Hall–Kier alpha value is -2.11. The predicted octanol–water partition coefficient (Wildman–Crippen LogP) is 0.221. The third kappa shape index (κ3) is 3.41. The fourth-order valence-electron chi connectivity index (χ4n) is 4.38. The molecule has 2 bridgehead atoms. The zero-order valence-corrected chi connectivity index (χ0v) is 17.2. The molecule has 172 valence electrons. The molecule has 8 nitrogen and oxygen atoms in total. The Bertz CT molecular complexity index is 980. The summed E-state index contributed by atoms with van der Waals surface area (Å²) in [5.74, 6) is -1.57. The van der Waals surface area contributed by atoms with Crippen LogP contribution in [0.3, 0.4) is 0 Å². The summed E-state index contributed by atoms with van der Waals surface area (Å²) in [6.45, 7) is 0.287. The van der Waals surface area contributed by atoms with Crippen LogP contribution in [-0.2, 0) is 26.4 Å². The molecule has 32 heavy (non-hydrogen) atoms. The van der Waals surface area contributed by atoms with Gasteiger partial charge >= 0.3 is 0 Å². The summed E-state index contributed by atoms with van der Waals surface area (Å²) in [6.07, 6.45) is -4.46. The van der Waals surface area contributed by atoms with Crippen LogP contribution in [0.1, 0.15) is 16.7 Å². The van der Waals surface area contributed by atoms with E-state index in [1.165, 1.54) is 18.2 Å². The highest BCUT2D eigenvalue weighted by Gasteiger charge is 2.67. The van der Waals surface area contributed by atoms with Crippen LogP contribution in [0.15, 0.2) is 42.5 Å². The summed E-state index contributed by atoms with van der Waals surface area (Å²) in [7, 11) is 0. The number of hydrogen-bond donors (Lipinski definition) is 4. The molecule has 9 heteroatoms. The van der Waals surface area contributed by atoms with Gasteiger partial charge in [0.1, 0.15) is 41.6 Å². The van der Waals surface area contributed by atoms with E-state index in [4.69, 9.17) is 18.9 Å². The van der Waals surface area contributed by atoms with Crippen LogP contribution in [-0.4, -0.2) is 76.9 Å². The van der Waals surface area contributed by atoms with Crippen molar-refractivity contribution < 1.29 is 43.8 Å². The largest absolute Gasteiger partial charge is 0.486 e. The highest BCUT2D eigenvalue weighted by atomic mass is 19.1. The van der Waals surface area contributed by atoms with Crippen LogP contribution in [0.5, 0.6) is 5.75 Å². The number of ether oxygens (including phenoxy) is 4. The van der Waals surface area contributed by atoms with Crippen molar-refractivity contribution in [2.45, 2.75) is 42.2 Å². The van der Waals surface area contributed by atoms with E-state index >= 15 is 0 Å². The van der Waals surface area contributed by atoms with Gasteiger partial charge in [0.2, 0.25) is 5.79 Å². The molecule has 4 N–H and O–H groups in total. The average molecular weight is 448 g/mol. The van der Waals surface area contributed by atoms with Gasteiger partial charge in [-0.05, 0) is 35.4 Å². The standard InChI is InChI=1S/C23H25FO8/c24-18-6-3-15(23-21(28)19(26)20(27)22(11-25,32-23)12-30-23)8-14(18)7-13-1-4-16(5-2-13)31-17-9-29-10-17/h1-6,8,17,19-21,25-28H,7,9-12H2/t19-,20-,21+,22-,23-/m0/s1. The molecule has 0 aliphatic carbocycles. The summed E-state index contributed by atoms with van der Waals surface area (Å²) < 4.78 is 37.0. The van der Waals surface area contributed by atoms with E-state index < -0.39 is 42.1 Å². The molecule has 3 aliphatic rings. The second kappa shape index (κ2) is 8.03. The van der Waals surface area contributed by atoms with Crippen LogP contribution in [0, 0.1) is 5.82 Å². The quantitative estimate of drug-likeness (QED) is 0.496. The third-order valence-corrected chi connectivity index (χ3v) is 6.41. The SMILES string of the molecule is OC[C@@]12CO[C@@](c3ccc(F)c(Cc4ccc(OC5COC5)cc4)c3)(O1)[C@H](O)[C@@H](O)[C@@H]2O. The average Bonchev–Trinajstić information content (AvgIpc) is 3.16. The van der Waals surface area contributed by atoms with Gasteiger partial charge in [0, 0.05) is 12.0 Å². The zero-order chi connectivity index (χ0) is 22.5. The summed E-state index contributed by atoms with van der Waals surface area (Å²) in [5.41, 5.74) is -0.116. The van der Waals surface area contributed by atoms with Gasteiger partial charge in [-0.1, -0.05) is 18.2 Å².